The summed E-state index contributed by atoms with van der Waals surface area (Å²) >= 11 is 14.9. The van der Waals surface area contributed by atoms with Gasteiger partial charge in [0, 0.05) is 25.9 Å². The summed E-state index contributed by atoms with van der Waals surface area (Å²) in [4.78, 5) is 19.5. The second-order valence-electron chi connectivity index (χ2n) is 5.78. The standard InChI is InChI=1S/C17H14Cl2N2O2S2/c18-11-2-1-3-12-15(11)20-17(25-12)23-10-6-8-21(9-7-10)16(22)13-4-5-14(19)24-13/h1-5,10H,6-9H2. The fourth-order valence-electron chi connectivity index (χ4n) is 2.85. The third-order valence-electron chi connectivity index (χ3n) is 4.13. The molecule has 1 aliphatic rings. The van der Waals surface area contributed by atoms with Crippen LogP contribution in [-0.2, 0) is 0 Å². The Balaban J connectivity index is 1.38. The van der Waals surface area contributed by atoms with Crippen LogP contribution in [0.25, 0.3) is 10.2 Å². The molecular weight excluding hydrogens is 399 g/mol. The number of fused-ring (bicyclic) bond motifs is 1. The molecule has 2 aromatic heterocycles. The quantitative estimate of drug-likeness (QED) is 0.582. The van der Waals surface area contributed by atoms with Crippen LogP contribution >= 0.6 is 45.9 Å². The minimum absolute atomic E-state index is 0.0436. The molecule has 4 rings (SSSR count). The van der Waals surface area contributed by atoms with E-state index in [-0.39, 0.29) is 12.0 Å². The highest BCUT2D eigenvalue weighted by atomic mass is 35.5. The van der Waals surface area contributed by atoms with E-state index in [4.69, 9.17) is 27.9 Å². The van der Waals surface area contributed by atoms with Crippen molar-refractivity contribution in [3.63, 3.8) is 0 Å². The monoisotopic (exact) mass is 412 g/mol. The van der Waals surface area contributed by atoms with Gasteiger partial charge in [0.15, 0.2) is 0 Å². The molecule has 0 spiro atoms. The molecule has 1 fully saturated rings. The van der Waals surface area contributed by atoms with E-state index in [9.17, 15) is 4.79 Å². The first-order chi connectivity index (χ1) is 12.1. The van der Waals surface area contributed by atoms with Crippen molar-refractivity contribution in [2.45, 2.75) is 18.9 Å². The minimum Gasteiger partial charge on any atom is -0.467 e. The number of ether oxygens (including phenoxy) is 1. The third-order valence-corrected chi connectivity index (χ3v) is 6.57. The zero-order valence-electron chi connectivity index (χ0n) is 13.1. The Morgan fingerprint density at radius 3 is 2.64 bits per heavy atom. The molecule has 1 aromatic carbocycles. The van der Waals surface area contributed by atoms with Crippen molar-refractivity contribution in [2.24, 2.45) is 0 Å². The molecule has 0 aliphatic carbocycles. The molecule has 0 bridgehead atoms. The van der Waals surface area contributed by atoms with Crippen LogP contribution in [0.4, 0.5) is 0 Å². The molecule has 130 valence electrons. The summed E-state index contributed by atoms with van der Waals surface area (Å²) in [6.45, 7) is 1.34. The molecular formula is C17H14Cl2N2O2S2. The molecule has 0 radical (unpaired) electrons. The van der Waals surface area contributed by atoms with Crippen LogP contribution in [0.1, 0.15) is 22.5 Å². The van der Waals surface area contributed by atoms with Gasteiger partial charge in [-0.1, -0.05) is 40.6 Å². The van der Waals surface area contributed by atoms with Gasteiger partial charge in [-0.25, -0.2) is 4.98 Å². The van der Waals surface area contributed by atoms with Crippen LogP contribution in [0, 0.1) is 0 Å². The Morgan fingerprint density at radius 1 is 1.16 bits per heavy atom. The molecule has 0 unspecified atom stereocenters. The number of likely N-dealkylation sites (tertiary alicyclic amines) is 1. The zero-order chi connectivity index (χ0) is 17.4. The Morgan fingerprint density at radius 2 is 1.96 bits per heavy atom. The number of aromatic nitrogens is 1. The summed E-state index contributed by atoms with van der Waals surface area (Å²) in [7, 11) is 0. The third kappa shape index (κ3) is 3.62. The number of rotatable bonds is 3. The Labute approximate surface area is 162 Å². The van der Waals surface area contributed by atoms with Crippen LogP contribution < -0.4 is 4.74 Å². The molecule has 1 aliphatic heterocycles. The average Bonchev–Trinajstić information content (AvgIpc) is 3.22. The van der Waals surface area contributed by atoms with E-state index in [0.29, 0.717) is 32.5 Å². The maximum absolute atomic E-state index is 12.4. The first-order valence-corrected chi connectivity index (χ1v) is 10.3. The number of amides is 1. The lowest BCUT2D eigenvalue weighted by Gasteiger charge is -2.31. The number of benzene rings is 1. The Hall–Kier alpha value is -1.34. The van der Waals surface area contributed by atoms with E-state index < -0.39 is 0 Å². The van der Waals surface area contributed by atoms with Gasteiger partial charge in [0.05, 0.1) is 18.9 Å². The van der Waals surface area contributed by atoms with Crippen LogP contribution in [0.2, 0.25) is 9.36 Å². The highest BCUT2D eigenvalue weighted by Crippen LogP contribution is 2.33. The lowest BCUT2D eigenvalue weighted by Crippen LogP contribution is -2.41. The van der Waals surface area contributed by atoms with Gasteiger partial charge in [0.1, 0.15) is 11.6 Å². The lowest BCUT2D eigenvalue weighted by atomic mass is 10.1. The number of piperidine rings is 1. The minimum atomic E-state index is 0.0436. The SMILES string of the molecule is O=C(c1ccc(Cl)s1)N1CCC(Oc2nc3c(Cl)cccc3s2)CC1. The van der Waals surface area contributed by atoms with Gasteiger partial charge in [0.2, 0.25) is 0 Å². The molecule has 1 saturated heterocycles. The smallest absolute Gasteiger partial charge is 0.274 e. The number of carbonyl (C=O) groups is 1. The van der Waals surface area contributed by atoms with Gasteiger partial charge in [-0.15, -0.1) is 11.3 Å². The molecule has 1 amide bonds. The van der Waals surface area contributed by atoms with Crippen molar-refractivity contribution in [3.8, 4) is 5.19 Å². The lowest BCUT2D eigenvalue weighted by molar-refractivity contribution is 0.0600. The second kappa shape index (κ2) is 7.11. The van der Waals surface area contributed by atoms with Crippen LogP contribution in [0.15, 0.2) is 30.3 Å². The van der Waals surface area contributed by atoms with Gasteiger partial charge >= 0.3 is 0 Å². The Kier molecular flexibility index (Phi) is 4.86. The Bertz CT molecular complexity index is 916. The van der Waals surface area contributed by atoms with Crippen molar-refractivity contribution >= 4 is 62.0 Å². The first-order valence-electron chi connectivity index (χ1n) is 7.86. The molecule has 0 N–H and O–H groups in total. The fraction of sp³-hybridized carbons (Fsp3) is 0.294. The number of nitrogens with zero attached hydrogens (tertiary/aromatic N) is 2. The average molecular weight is 413 g/mol. The van der Waals surface area contributed by atoms with Crippen LogP contribution in [0.5, 0.6) is 5.19 Å². The molecule has 3 aromatic rings. The summed E-state index contributed by atoms with van der Waals surface area (Å²) in [5.41, 5.74) is 0.784. The van der Waals surface area contributed by atoms with E-state index in [1.165, 1.54) is 22.7 Å². The zero-order valence-corrected chi connectivity index (χ0v) is 16.2. The van der Waals surface area contributed by atoms with Gasteiger partial charge in [-0.3, -0.25) is 4.79 Å². The largest absolute Gasteiger partial charge is 0.467 e. The van der Waals surface area contributed by atoms with Crippen LogP contribution in [-0.4, -0.2) is 35.0 Å². The van der Waals surface area contributed by atoms with Crippen molar-refractivity contribution < 1.29 is 9.53 Å². The number of carbonyl (C=O) groups excluding carboxylic acids is 1. The highest BCUT2D eigenvalue weighted by Gasteiger charge is 2.26. The predicted octanol–water partition coefficient (Wildman–Crippen LogP) is 5.35. The maximum Gasteiger partial charge on any atom is 0.274 e. The molecule has 0 atom stereocenters. The molecule has 0 saturated carbocycles. The maximum atomic E-state index is 12.4. The van der Waals surface area contributed by atoms with E-state index in [2.05, 4.69) is 4.98 Å². The summed E-state index contributed by atoms with van der Waals surface area (Å²) in [6.07, 6.45) is 1.64. The predicted molar refractivity (Wildman–Crippen MR) is 104 cm³/mol. The van der Waals surface area contributed by atoms with Crippen molar-refractivity contribution in [1.82, 2.24) is 9.88 Å². The molecule has 25 heavy (non-hydrogen) atoms. The van der Waals surface area contributed by atoms with E-state index in [1.54, 1.807) is 12.1 Å². The van der Waals surface area contributed by atoms with Gasteiger partial charge < -0.3 is 9.64 Å². The van der Waals surface area contributed by atoms with Gasteiger partial charge in [-0.05, 0) is 24.3 Å². The summed E-state index contributed by atoms with van der Waals surface area (Å²) < 4.78 is 7.68. The van der Waals surface area contributed by atoms with Gasteiger partial charge in [0.25, 0.3) is 11.1 Å². The highest BCUT2D eigenvalue weighted by molar-refractivity contribution is 7.20. The summed E-state index contributed by atoms with van der Waals surface area (Å²) in [5.74, 6) is 0.0436. The van der Waals surface area contributed by atoms with E-state index >= 15 is 0 Å². The number of para-hydroxylation sites is 1. The number of thiazole rings is 1. The van der Waals surface area contributed by atoms with Crippen molar-refractivity contribution in [1.29, 1.82) is 0 Å². The molecule has 8 heteroatoms. The van der Waals surface area contributed by atoms with E-state index in [0.717, 1.165) is 23.1 Å². The van der Waals surface area contributed by atoms with Crippen molar-refractivity contribution in [3.05, 3.63) is 44.6 Å². The normalized spacial score (nSPS) is 15.7. The molecule has 4 nitrogen and oxygen atoms in total. The summed E-state index contributed by atoms with van der Waals surface area (Å²) in [5, 5.41) is 1.27. The fourth-order valence-corrected chi connectivity index (χ4v) is 5.04. The number of hydrogen-bond acceptors (Lipinski definition) is 5. The van der Waals surface area contributed by atoms with Crippen molar-refractivity contribution in [2.75, 3.05) is 13.1 Å². The topological polar surface area (TPSA) is 42.4 Å². The number of hydrogen-bond donors (Lipinski definition) is 0. The number of thiophene rings is 1. The number of halogens is 2. The second-order valence-corrected chi connectivity index (χ2v) is 8.89. The molecule has 3 heterocycles. The summed E-state index contributed by atoms with van der Waals surface area (Å²) in [6, 6.07) is 9.26. The van der Waals surface area contributed by atoms with E-state index in [1.807, 2.05) is 23.1 Å². The first kappa shape index (κ1) is 17.1. The van der Waals surface area contributed by atoms with Gasteiger partial charge in [-0.2, -0.15) is 0 Å². The van der Waals surface area contributed by atoms with Crippen LogP contribution in [0.3, 0.4) is 0 Å².